The van der Waals surface area contributed by atoms with Crippen LogP contribution in [0.1, 0.15) is 46.5 Å². The standard InChI is InChI=1S/C16H30N2O3/c1-4-9-18(10-5-2)15(19)13-17-11-7-14(8-12-17)16(20)21-6-3/h14H,4-13H2,1-3H3. The molecule has 21 heavy (non-hydrogen) atoms. The molecular formula is C16H30N2O3. The third-order valence-electron chi connectivity index (χ3n) is 3.91. The van der Waals surface area contributed by atoms with Gasteiger partial charge >= 0.3 is 5.97 Å². The summed E-state index contributed by atoms with van der Waals surface area (Å²) >= 11 is 0. The first-order valence-electron chi connectivity index (χ1n) is 8.29. The van der Waals surface area contributed by atoms with E-state index in [0.29, 0.717) is 13.2 Å². The minimum atomic E-state index is -0.0814. The van der Waals surface area contributed by atoms with E-state index < -0.39 is 0 Å². The summed E-state index contributed by atoms with van der Waals surface area (Å²) in [4.78, 5) is 28.1. The normalized spacial score (nSPS) is 16.7. The number of nitrogens with zero attached hydrogens (tertiary/aromatic N) is 2. The summed E-state index contributed by atoms with van der Waals surface area (Å²) in [7, 11) is 0. The van der Waals surface area contributed by atoms with Gasteiger partial charge in [-0.05, 0) is 45.7 Å². The van der Waals surface area contributed by atoms with Crippen LogP contribution in [0.15, 0.2) is 0 Å². The smallest absolute Gasteiger partial charge is 0.309 e. The zero-order chi connectivity index (χ0) is 15.7. The van der Waals surface area contributed by atoms with Crippen molar-refractivity contribution in [3.63, 3.8) is 0 Å². The molecule has 0 radical (unpaired) electrons. The van der Waals surface area contributed by atoms with Crippen LogP contribution in [-0.4, -0.2) is 61.0 Å². The molecule has 0 aromatic carbocycles. The van der Waals surface area contributed by atoms with E-state index in [1.165, 1.54) is 0 Å². The van der Waals surface area contributed by atoms with E-state index in [-0.39, 0.29) is 17.8 Å². The largest absolute Gasteiger partial charge is 0.466 e. The number of piperidine rings is 1. The first-order valence-corrected chi connectivity index (χ1v) is 8.29. The van der Waals surface area contributed by atoms with Crippen LogP contribution in [0.2, 0.25) is 0 Å². The van der Waals surface area contributed by atoms with Crippen LogP contribution >= 0.6 is 0 Å². The summed E-state index contributed by atoms with van der Waals surface area (Å²) in [6.07, 6.45) is 3.59. The molecule has 1 saturated heterocycles. The first-order chi connectivity index (χ1) is 10.1. The monoisotopic (exact) mass is 298 g/mol. The van der Waals surface area contributed by atoms with Gasteiger partial charge in [-0.2, -0.15) is 0 Å². The van der Waals surface area contributed by atoms with Gasteiger partial charge in [0.05, 0.1) is 19.1 Å². The highest BCUT2D eigenvalue weighted by atomic mass is 16.5. The topological polar surface area (TPSA) is 49.9 Å². The number of hydrogen-bond donors (Lipinski definition) is 0. The molecule has 1 aliphatic heterocycles. The first kappa shape index (κ1) is 18.0. The predicted octanol–water partition coefficient (Wildman–Crippen LogP) is 1.91. The summed E-state index contributed by atoms with van der Waals surface area (Å²) in [5.74, 6) is 0.147. The second-order valence-electron chi connectivity index (χ2n) is 5.68. The van der Waals surface area contributed by atoms with Crippen molar-refractivity contribution in [1.82, 2.24) is 9.80 Å². The van der Waals surface area contributed by atoms with E-state index in [1.807, 2.05) is 11.8 Å². The SMILES string of the molecule is CCCN(CCC)C(=O)CN1CCC(C(=O)OCC)CC1. The summed E-state index contributed by atoms with van der Waals surface area (Å²) in [5, 5.41) is 0. The minimum Gasteiger partial charge on any atom is -0.466 e. The molecule has 0 spiro atoms. The highest BCUT2D eigenvalue weighted by Gasteiger charge is 2.27. The van der Waals surface area contributed by atoms with Crippen molar-refractivity contribution < 1.29 is 14.3 Å². The zero-order valence-electron chi connectivity index (χ0n) is 13.8. The predicted molar refractivity (Wildman–Crippen MR) is 83.0 cm³/mol. The molecule has 0 aromatic heterocycles. The molecule has 122 valence electrons. The Labute approximate surface area is 128 Å². The van der Waals surface area contributed by atoms with E-state index in [1.54, 1.807) is 0 Å². The molecule has 0 bridgehead atoms. The Morgan fingerprint density at radius 2 is 1.67 bits per heavy atom. The lowest BCUT2D eigenvalue weighted by molar-refractivity contribution is -0.149. The Bertz CT molecular complexity index is 319. The second kappa shape index (κ2) is 9.77. The number of amides is 1. The fourth-order valence-corrected chi connectivity index (χ4v) is 2.78. The van der Waals surface area contributed by atoms with E-state index >= 15 is 0 Å². The van der Waals surface area contributed by atoms with Gasteiger partial charge in [-0.25, -0.2) is 0 Å². The Kier molecular flexibility index (Phi) is 8.35. The number of hydrogen-bond acceptors (Lipinski definition) is 4. The third kappa shape index (κ3) is 6.04. The van der Waals surface area contributed by atoms with Crippen LogP contribution in [0.25, 0.3) is 0 Å². The fraction of sp³-hybridized carbons (Fsp3) is 0.875. The summed E-state index contributed by atoms with van der Waals surface area (Å²) < 4.78 is 5.07. The van der Waals surface area contributed by atoms with Crippen LogP contribution < -0.4 is 0 Å². The maximum atomic E-state index is 12.3. The molecule has 0 atom stereocenters. The lowest BCUT2D eigenvalue weighted by Crippen LogP contribution is -2.44. The number of rotatable bonds is 8. The van der Waals surface area contributed by atoms with Gasteiger partial charge in [0.1, 0.15) is 0 Å². The molecule has 5 nitrogen and oxygen atoms in total. The average molecular weight is 298 g/mol. The number of likely N-dealkylation sites (tertiary alicyclic amines) is 1. The summed E-state index contributed by atoms with van der Waals surface area (Å²) in [5.41, 5.74) is 0. The van der Waals surface area contributed by atoms with Crippen LogP contribution in [0.4, 0.5) is 0 Å². The molecule has 1 aliphatic rings. The molecule has 0 N–H and O–H groups in total. The Balaban J connectivity index is 2.37. The Morgan fingerprint density at radius 3 is 2.14 bits per heavy atom. The molecule has 0 aromatic rings. The van der Waals surface area contributed by atoms with Gasteiger partial charge in [-0.15, -0.1) is 0 Å². The van der Waals surface area contributed by atoms with Gasteiger partial charge in [-0.1, -0.05) is 13.8 Å². The van der Waals surface area contributed by atoms with E-state index in [0.717, 1.165) is 51.9 Å². The van der Waals surface area contributed by atoms with Crippen LogP contribution in [0, 0.1) is 5.92 Å². The third-order valence-corrected chi connectivity index (χ3v) is 3.91. The van der Waals surface area contributed by atoms with E-state index in [4.69, 9.17) is 4.74 Å². The molecule has 0 saturated carbocycles. The minimum absolute atomic E-state index is 0.0127. The van der Waals surface area contributed by atoms with Gasteiger partial charge in [0.25, 0.3) is 0 Å². The highest BCUT2D eigenvalue weighted by molar-refractivity contribution is 5.78. The van der Waals surface area contributed by atoms with Gasteiger partial charge in [0.2, 0.25) is 5.91 Å². The van der Waals surface area contributed by atoms with Crippen molar-refractivity contribution in [1.29, 1.82) is 0 Å². The average Bonchev–Trinajstić information content (AvgIpc) is 2.48. The maximum absolute atomic E-state index is 12.3. The van der Waals surface area contributed by atoms with E-state index in [9.17, 15) is 9.59 Å². The Morgan fingerprint density at radius 1 is 1.10 bits per heavy atom. The number of ether oxygens (including phenoxy) is 1. The number of carbonyl (C=O) groups is 2. The lowest BCUT2D eigenvalue weighted by atomic mass is 9.97. The van der Waals surface area contributed by atoms with Gasteiger partial charge in [0.15, 0.2) is 0 Å². The van der Waals surface area contributed by atoms with Crippen LogP contribution in [0.3, 0.4) is 0 Å². The molecular weight excluding hydrogens is 268 g/mol. The number of esters is 1. The molecule has 1 fully saturated rings. The van der Waals surface area contributed by atoms with Gasteiger partial charge in [0, 0.05) is 13.1 Å². The summed E-state index contributed by atoms with van der Waals surface area (Å²) in [6, 6.07) is 0. The molecule has 1 rings (SSSR count). The van der Waals surface area contributed by atoms with Crippen LogP contribution in [0.5, 0.6) is 0 Å². The summed E-state index contributed by atoms with van der Waals surface area (Å²) in [6.45, 7) is 10.2. The van der Waals surface area contributed by atoms with E-state index in [2.05, 4.69) is 18.7 Å². The second-order valence-corrected chi connectivity index (χ2v) is 5.68. The van der Waals surface area contributed by atoms with Crippen molar-refractivity contribution in [2.24, 2.45) is 5.92 Å². The maximum Gasteiger partial charge on any atom is 0.309 e. The van der Waals surface area contributed by atoms with Crippen molar-refractivity contribution in [3.05, 3.63) is 0 Å². The quantitative estimate of drug-likeness (QED) is 0.642. The zero-order valence-corrected chi connectivity index (χ0v) is 13.8. The molecule has 0 aliphatic carbocycles. The lowest BCUT2D eigenvalue weighted by Gasteiger charge is -2.32. The van der Waals surface area contributed by atoms with Crippen molar-refractivity contribution in [2.75, 3.05) is 39.3 Å². The van der Waals surface area contributed by atoms with Crippen molar-refractivity contribution in [2.45, 2.75) is 46.5 Å². The molecule has 5 heteroatoms. The fourth-order valence-electron chi connectivity index (χ4n) is 2.78. The van der Waals surface area contributed by atoms with Crippen LogP contribution in [-0.2, 0) is 14.3 Å². The molecule has 1 heterocycles. The molecule has 0 unspecified atom stereocenters. The molecule has 1 amide bonds. The van der Waals surface area contributed by atoms with Gasteiger partial charge in [-0.3, -0.25) is 14.5 Å². The van der Waals surface area contributed by atoms with Crippen molar-refractivity contribution >= 4 is 11.9 Å². The van der Waals surface area contributed by atoms with Crippen molar-refractivity contribution in [3.8, 4) is 0 Å². The highest BCUT2D eigenvalue weighted by Crippen LogP contribution is 2.18. The van der Waals surface area contributed by atoms with Gasteiger partial charge < -0.3 is 9.64 Å². The Hall–Kier alpha value is -1.10. The number of carbonyl (C=O) groups excluding carboxylic acids is 2.